The molecular weight excluding hydrogens is 327 g/mol. The fourth-order valence-corrected chi connectivity index (χ4v) is 3.38. The molecule has 0 aliphatic carbocycles. The fraction of sp³-hybridized carbons (Fsp3) is 0.263. The van der Waals surface area contributed by atoms with E-state index in [1.165, 1.54) is 10.9 Å². The average Bonchev–Trinajstić information content (AvgIpc) is 2.91. The topological polar surface area (TPSA) is 41.8 Å². The van der Waals surface area contributed by atoms with Crippen molar-refractivity contribution in [1.82, 2.24) is 4.98 Å². The van der Waals surface area contributed by atoms with Crippen LogP contribution in [0.1, 0.15) is 24.0 Å². The summed E-state index contributed by atoms with van der Waals surface area (Å²) in [6, 6.07) is 12.0. The fourth-order valence-electron chi connectivity index (χ4n) is 3.03. The molecule has 0 unspecified atom stereocenters. The van der Waals surface area contributed by atoms with Crippen LogP contribution in [0.2, 0.25) is 10.0 Å². The Bertz CT molecular complexity index is 837. The van der Waals surface area contributed by atoms with E-state index in [9.17, 15) is 0 Å². The van der Waals surface area contributed by atoms with E-state index in [-0.39, 0.29) is 0 Å². The number of fused-ring (bicyclic) bond motifs is 1. The molecule has 0 aliphatic rings. The molecule has 0 spiro atoms. The van der Waals surface area contributed by atoms with Crippen LogP contribution in [-0.2, 0) is 6.42 Å². The first kappa shape index (κ1) is 16.4. The van der Waals surface area contributed by atoms with E-state index in [2.05, 4.69) is 17.1 Å². The van der Waals surface area contributed by atoms with Gasteiger partial charge in [0, 0.05) is 21.1 Å². The number of nitrogens with one attached hydrogen (secondary N) is 1. The second-order valence-corrected chi connectivity index (χ2v) is 6.67. The lowest BCUT2D eigenvalue weighted by atomic mass is 9.99. The maximum Gasteiger partial charge on any atom is 0.0506 e. The van der Waals surface area contributed by atoms with Gasteiger partial charge in [0.1, 0.15) is 0 Å². The van der Waals surface area contributed by atoms with Crippen molar-refractivity contribution < 1.29 is 0 Å². The van der Waals surface area contributed by atoms with Gasteiger partial charge < -0.3 is 10.7 Å². The average molecular weight is 347 g/mol. The number of rotatable bonds is 5. The smallest absolute Gasteiger partial charge is 0.0506 e. The molecule has 4 heteroatoms. The molecule has 0 aliphatic heterocycles. The molecular formula is C19H20Cl2N2. The first-order valence-corrected chi connectivity index (χ1v) is 8.63. The molecule has 0 saturated carbocycles. The van der Waals surface area contributed by atoms with Gasteiger partial charge in [-0.2, -0.15) is 0 Å². The minimum Gasteiger partial charge on any atom is -0.354 e. The SMILES string of the molecule is Cc1c(Cl)ccc2c(CCCCN)c(-c3cccc(Cl)c3)[nH]c12. The summed E-state index contributed by atoms with van der Waals surface area (Å²) in [6.07, 6.45) is 3.08. The molecule has 0 fully saturated rings. The van der Waals surface area contributed by atoms with Gasteiger partial charge in [-0.15, -0.1) is 0 Å². The first-order valence-electron chi connectivity index (χ1n) is 7.87. The molecule has 23 heavy (non-hydrogen) atoms. The quantitative estimate of drug-likeness (QED) is 0.569. The first-order chi connectivity index (χ1) is 11.1. The molecule has 1 aromatic heterocycles. The van der Waals surface area contributed by atoms with Crippen molar-refractivity contribution in [3.8, 4) is 11.3 Å². The zero-order valence-electron chi connectivity index (χ0n) is 13.1. The monoisotopic (exact) mass is 346 g/mol. The summed E-state index contributed by atoms with van der Waals surface area (Å²) in [5.74, 6) is 0. The summed E-state index contributed by atoms with van der Waals surface area (Å²) < 4.78 is 0. The molecule has 0 saturated heterocycles. The molecule has 1 heterocycles. The zero-order chi connectivity index (χ0) is 16.4. The number of hydrogen-bond donors (Lipinski definition) is 2. The van der Waals surface area contributed by atoms with Crippen molar-refractivity contribution in [2.45, 2.75) is 26.2 Å². The van der Waals surface area contributed by atoms with Crippen LogP contribution in [0.3, 0.4) is 0 Å². The summed E-state index contributed by atoms with van der Waals surface area (Å²) in [5.41, 5.74) is 11.4. The van der Waals surface area contributed by atoms with Gasteiger partial charge >= 0.3 is 0 Å². The van der Waals surface area contributed by atoms with Gasteiger partial charge in [-0.1, -0.05) is 41.4 Å². The highest BCUT2D eigenvalue weighted by Gasteiger charge is 2.15. The van der Waals surface area contributed by atoms with Gasteiger partial charge in [0.15, 0.2) is 0 Å². The van der Waals surface area contributed by atoms with Crippen molar-refractivity contribution >= 4 is 34.1 Å². The Hall–Kier alpha value is -1.48. The van der Waals surface area contributed by atoms with Crippen LogP contribution in [-0.4, -0.2) is 11.5 Å². The molecule has 3 aromatic rings. The standard InChI is InChI=1S/C19H20Cl2N2/c1-12-17(21)9-8-16-15(7-2-3-10-22)19(23-18(12)16)13-5-4-6-14(20)11-13/h4-6,8-9,11,23H,2-3,7,10,22H2,1H3. The second kappa shape index (κ2) is 6.96. The predicted molar refractivity (Wildman–Crippen MR) is 100 cm³/mol. The van der Waals surface area contributed by atoms with Crippen LogP contribution in [0.15, 0.2) is 36.4 Å². The van der Waals surface area contributed by atoms with E-state index in [0.29, 0.717) is 0 Å². The van der Waals surface area contributed by atoms with Crippen molar-refractivity contribution in [1.29, 1.82) is 0 Å². The Kier molecular flexibility index (Phi) is 4.96. The van der Waals surface area contributed by atoms with Gasteiger partial charge in [0.2, 0.25) is 0 Å². The van der Waals surface area contributed by atoms with Crippen molar-refractivity contribution in [3.05, 3.63) is 57.6 Å². The molecule has 120 valence electrons. The molecule has 2 nitrogen and oxygen atoms in total. The summed E-state index contributed by atoms with van der Waals surface area (Å²) in [6.45, 7) is 2.77. The van der Waals surface area contributed by atoms with E-state index in [1.54, 1.807) is 0 Å². The lowest BCUT2D eigenvalue weighted by Gasteiger charge is -2.06. The number of aromatic nitrogens is 1. The van der Waals surface area contributed by atoms with E-state index < -0.39 is 0 Å². The summed E-state index contributed by atoms with van der Waals surface area (Å²) in [7, 11) is 0. The Morgan fingerprint density at radius 1 is 1.09 bits per heavy atom. The molecule has 2 aromatic carbocycles. The number of aromatic amines is 1. The van der Waals surface area contributed by atoms with E-state index in [4.69, 9.17) is 28.9 Å². The lowest BCUT2D eigenvalue weighted by Crippen LogP contribution is -1.99. The maximum atomic E-state index is 6.29. The molecule has 0 atom stereocenters. The highest BCUT2D eigenvalue weighted by Crippen LogP contribution is 2.35. The van der Waals surface area contributed by atoms with Gasteiger partial charge in [-0.05, 0) is 67.6 Å². The summed E-state index contributed by atoms with van der Waals surface area (Å²) in [4.78, 5) is 3.57. The van der Waals surface area contributed by atoms with Crippen LogP contribution < -0.4 is 5.73 Å². The van der Waals surface area contributed by atoms with Crippen LogP contribution in [0.25, 0.3) is 22.2 Å². The minimum atomic E-state index is 0.722. The Labute approximate surface area is 146 Å². The third-order valence-corrected chi connectivity index (χ3v) is 4.91. The van der Waals surface area contributed by atoms with Gasteiger partial charge in [-0.25, -0.2) is 0 Å². The molecule has 3 N–H and O–H groups in total. The van der Waals surface area contributed by atoms with Crippen LogP contribution in [0, 0.1) is 6.92 Å². The summed E-state index contributed by atoms with van der Waals surface area (Å²) >= 11 is 12.5. The third-order valence-electron chi connectivity index (χ3n) is 4.27. The number of nitrogens with two attached hydrogens (primary N) is 1. The Morgan fingerprint density at radius 2 is 1.91 bits per heavy atom. The van der Waals surface area contributed by atoms with Crippen LogP contribution in [0.5, 0.6) is 0 Å². The lowest BCUT2D eigenvalue weighted by molar-refractivity contribution is 0.748. The normalized spacial score (nSPS) is 11.3. The predicted octanol–water partition coefficient (Wildman–Crippen LogP) is 5.73. The number of aryl methyl sites for hydroxylation is 2. The molecule has 3 rings (SSSR count). The van der Waals surface area contributed by atoms with Gasteiger partial charge in [0.25, 0.3) is 0 Å². The number of unbranched alkanes of at least 4 members (excludes halogenated alkanes) is 1. The zero-order valence-corrected chi connectivity index (χ0v) is 14.6. The highest BCUT2D eigenvalue weighted by atomic mass is 35.5. The van der Waals surface area contributed by atoms with Crippen molar-refractivity contribution in [2.75, 3.05) is 6.54 Å². The molecule has 0 amide bonds. The second-order valence-electron chi connectivity index (χ2n) is 5.83. The van der Waals surface area contributed by atoms with Crippen LogP contribution >= 0.6 is 23.2 Å². The molecule has 0 bridgehead atoms. The van der Waals surface area contributed by atoms with E-state index in [0.717, 1.165) is 58.2 Å². The van der Waals surface area contributed by atoms with E-state index >= 15 is 0 Å². The minimum absolute atomic E-state index is 0.722. The number of H-pyrrole nitrogens is 1. The summed E-state index contributed by atoms with van der Waals surface area (Å²) in [5, 5.41) is 2.76. The Morgan fingerprint density at radius 3 is 2.65 bits per heavy atom. The van der Waals surface area contributed by atoms with Crippen molar-refractivity contribution in [2.24, 2.45) is 5.73 Å². The van der Waals surface area contributed by atoms with Crippen LogP contribution in [0.4, 0.5) is 0 Å². The highest BCUT2D eigenvalue weighted by molar-refractivity contribution is 6.32. The molecule has 0 radical (unpaired) electrons. The van der Waals surface area contributed by atoms with Gasteiger partial charge in [0.05, 0.1) is 5.52 Å². The number of benzene rings is 2. The largest absolute Gasteiger partial charge is 0.354 e. The maximum absolute atomic E-state index is 6.29. The van der Waals surface area contributed by atoms with Gasteiger partial charge in [-0.3, -0.25) is 0 Å². The number of halogens is 2. The van der Waals surface area contributed by atoms with E-state index in [1.807, 2.05) is 31.2 Å². The van der Waals surface area contributed by atoms with Crippen molar-refractivity contribution in [3.63, 3.8) is 0 Å². The Balaban J connectivity index is 2.18. The third kappa shape index (κ3) is 3.25. The number of hydrogen-bond acceptors (Lipinski definition) is 1.